The Morgan fingerprint density at radius 1 is 1.23 bits per heavy atom. The van der Waals surface area contributed by atoms with Gasteiger partial charge in [-0.05, 0) is 19.4 Å². The first-order valence-corrected chi connectivity index (χ1v) is 9.38. The normalized spacial score (nSPS) is 11.5. The van der Waals surface area contributed by atoms with E-state index in [2.05, 4.69) is 32.5 Å². The van der Waals surface area contributed by atoms with Crippen LogP contribution in [-0.4, -0.2) is 49.8 Å². The average Bonchev–Trinajstić information content (AvgIpc) is 2.97. The summed E-state index contributed by atoms with van der Waals surface area (Å²) in [6, 6.07) is 3.84. The second-order valence-electron chi connectivity index (χ2n) is 5.70. The molecule has 26 heavy (non-hydrogen) atoms. The van der Waals surface area contributed by atoms with Crippen molar-refractivity contribution in [1.82, 2.24) is 20.6 Å². The second-order valence-corrected chi connectivity index (χ2v) is 6.99. The van der Waals surface area contributed by atoms with Crippen molar-refractivity contribution in [3.05, 3.63) is 39.5 Å². The fourth-order valence-electron chi connectivity index (χ4n) is 2.17. The van der Waals surface area contributed by atoms with E-state index in [1.165, 1.54) is 4.88 Å². The van der Waals surface area contributed by atoms with Crippen molar-refractivity contribution in [3.8, 4) is 5.88 Å². The molecule has 0 unspecified atom stereocenters. The topological polar surface area (TPSA) is 80.7 Å². The summed E-state index contributed by atoms with van der Waals surface area (Å²) in [5.74, 6) is 1.36. The van der Waals surface area contributed by atoms with Crippen molar-refractivity contribution in [3.63, 3.8) is 0 Å². The van der Waals surface area contributed by atoms with Gasteiger partial charge in [0.2, 0.25) is 5.88 Å². The molecule has 2 rings (SSSR count). The van der Waals surface area contributed by atoms with Gasteiger partial charge in [0.15, 0.2) is 5.96 Å². The summed E-state index contributed by atoms with van der Waals surface area (Å²) in [5, 5.41) is 7.74. The number of guanidine groups is 1. The van der Waals surface area contributed by atoms with Crippen LogP contribution in [0.25, 0.3) is 0 Å². The quantitative estimate of drug-likeness (QED) is 0.396. The predicted octanol–water partition coefficient (Wildman–Crippen LogP) is 2.09. The lowest BCUT2D eigenvalue weighted by atomic mass is 10.3. The van der Waals surface area contributed by atoms with Crippen molar-refractivity contribution in [1.29, 1.82) is 0 Å². The fourth-order valence-corrected chi connectivity index (χ4v) is 3.10. The van der Waals surface area contributed by atoms with E-state index in [0.29, 0.717) is 25.6 Å². The first-order chi connectivity index (χ1) is 12.6. The Hall–Kier alpha value is -2.19. The van der Waals surface area contributed by atoms with Crippen LogP contribution in [0.1, 0.15) is 21.1 Å². The Balaban J connectivity index is 1.72. The van der Waals surface area contributed by atoms with Crippen LogP contribution in [0.2, 0.25) is 0 Å². The Morgan fingerprint density at radius 2 is 2.08 bits per heavy atom. The average molecular weight is 378 g/mol. The van der Waals surface area contributed by atoms with Crippen LogP contribution >= 0.6 is 11.3 Å². The molecule has 142 valence electrons. The first kappa shape index (κ1) is 20.1. The molecule has 8 heteroatoms. The van der Waals surface area contributed by atoms with E-state index < -0.39 is 0 Å². The lowest BCUT2D eigenvalue weighted by molar-refractivity contribution is 0.143. The van der Waals surface area contributed by atoms with Gasteiger partial charge in [-0.2, -0.15) is 0 Å². The van der Waals surface area contributed by atoms with E-state index in [0.717, 1.165) is 35.2 Å². The van der Waals surface area contributed by atoms with Crippen molar-refractivity contribution in [2.75, 3.05) is 33.9 Å². The summed E-state index contributed by atoms with van der Waals surface area (Å²) in [4.78, 5) is 14.4. The zero-order chi connectivity index (χ0) is 18.8. The summed E-state index contributed by atoms with van der Waals surface area (Å²) < 4.78 is 10.4. The Kier molecular flexibility index (Phi) is 8.30. The Morgan fingerprint density at radius 3 is 2.69 bits per heavy atom. The summed E-state index contributed by atoms with van der Waals surface area (Å²) in [5.41, 5.74) is 2.17. The standard InChI is InChI=1S/C18H27N5O2S/c1-13-14(2)26-17(23-13)7-8-20-18(19-3)22-12-15-5-6-16(21-11-15)25-10-9-24-4/h5-6,11H,7-10,12H2,1-4H3,(H2,19,20,22). The van der Waals surface area contributed by atoms with E-state index in [1.807, 2.05) is 19.1 Å². The third kappa shape index (κ3) is 6.61. The molecular formula is C18H27N5O2S. The van der Waals surface area contributed by atoms with Gasteiger partial charge in [-0.15, -0.1) is 11.3 Å². The number of aliphatic imine (C=N–C) groups is 1. The number of pyridine rings is 1. The van der Waals surface area contributed by atoms with Crippen LogP contribution in [0.5, 0.6) is 5.88 Å². The van der Waals surface area contributed by atoms with Crippen LogP contribution in [0.3, 0.4) is 0 Å². The second kappa shape index (κ2) is 10.7. The van der Waals surface area contributed by atoms with Crippen LogP contribution in [-0.2, 0) is 17.7 Å². The number of rotatable bonds is 9. The van der Waals surface area contributed by atoms with Gasteiger partial charge >= 0.3 is 0 Å². The van der Waals surface area contributed by atoms with Crippen LogP contribution < -0.4 is 15.4 Å². The molecule has 2 aromatic rings. The number of methoxy groups -OCH3 is 1. The highest BCUT2D eigenvalue weighted by molar-refractivity contribution is 7.11. The van der Waals surface area contributed by atoms with Crippen molar-refractivity contribution in [2.45, 2.75) is 26.8 Å². The van der Waals surface area contributed by atoms with Gasteiger partial charge < -0.3 is 20.1 Å². The molecule has 0 saturated heterocycles. The molecule has 2 heterocycles. The molecule has 0 aliphatic carbocycles. The van der Waals surface area contributed by atoms with Crippen molar-refractivity contribution >= 4 is 17.3 Å². The van der Waals surface area contributed by atoms with E-state index in [9.17, 15) is 0 Å². The predicted molar refractivity (Wildman–Crippen MR) is 105 cm³/mol. The van der Waals surface area contributed by atoms with Gasteiger partial charge in [0.25, 0.3) is 0 Å². The lowest BCUT2D eigenvalue weighted by Crippen LogP contribution is -2.37. The summed E-state index contributed by atoms with van der Waals surface area (Å²) in [7, 11) is 3.41. The number of thiazole rings is 1. The summed E-state index contributed by atoms with van der Waals surface area (Å²) in [6.07, 6.45) is 2.68. The molecular weight excluding hydrogens is 350 g/mol. The molecule has 0 fully saturated rings. The maximum Gasteiger partial charge on any atom is 0.213 e. The molecule has 0 bridgehead atoms. The molecule has 0 radical (unpaired) electrons. The summed E-state index contributed by atoms with van der Waals surface area (Å²) >= 11 is 1.75. The largest absolute Gasteiger partial charge is 0.475 e. The highest BCUT2D eigenvalue weighted by Crippen LogP contribution is 2.16. The van der Waals surface area contributed by atoms with E-state index in [1.54, 1.807) is 31.7 Å². The number of nitrogens with one attached hydrogen (secondary N) is 2. The molecule has 2 N–H and O–H groups in total. The van der Waals surface area contributed by atoms with Crippen LogP contribution in [0.4, 0.5) is 0 Å². The van der Waals surface area contributed by atoms with Gasteiger partial charge in [0, 0.05) is 50.8 Å². The number of nitrogens with zero attached hydrogens (tertiary/aromatic N) is 3. The van der Waals surface area contributed by atoms with Gasteiger partial charge in [0.05, 0.1) is 17.3 Å². The van der Waals surface area contributed by atoms with E-state index in [4.69, 9.17) is 9.47 Å². The number of aryl methyl sites for hydroxylation is 2. The third-order valence-corrected chi connectivity index (χ3v) is 4.86. The molecule has 7 nitrogen and oxygen atoms in total. The maximum absolute atomic E-state index is 5.46. The highest BCUT2D eigenvalue weighted by atomic mass is 32.1. The van der Waals surface area contributed by atoms with Crippen molar-refractivity contribution in [2.24, 2.45) is 4.99 Å². The zero-order valence-electron chi connectivity index (χ0n) is 15.8. The molecule has 0 aliphatic heterocycles. The number of hydrogen-bond acceptors (Lipinski definition) is 6. The lowest BCUT2D eigenvalue weighted by Gasteiger charge is -2.11. The number of ether oxygens (including phenoxy) is 2. The molecule has 0 atom stereocenters. The first-order valence-electron chi connectivity index (χ1n) is 8.56. The molecule has 0 saturated carbocycles. The van der Waals surface area contributed by atoms with Gasteiger partial charge in [-0.3, -0.25) is 4.99 Å². The van der Waals surface area contributed by atoms with Gasteiger partial charge in [0.1, 0.15) is 6.61 Å². The van der Waals surface area contributed by atoms with Crippen LogP contribution in [0.15, 0.2) is 23.3 Å². The molecule has 0 spiro atoms. The number of aromatic nitrogens is 2. The van der Waals surface area contributed by atoms with E-state index >= 15 is 0 Å². The molecule has 0 amide bonds. The SMILES string of the molecule is CN=C(NCCc1nc(C)c(C)s1)NCc1ccc(OCCOC)nc1. The maximum atomic E-state index is 5.46. The fraction of sp³-hybridized carbons (Fsp3) is 0.500. The van der Waals surface area contributed by atoms with Gasteiger partial charge in [-0.25, -0.2) is 9.97 Å². The summed E-state index contributed by atoms with van der Waals surface area (Å²) in [6.45, 7) is 6.62. The van der Waals surface area contributed by atoms with Crippen LogP contribution in [0, 0.1) is 13.8 Å². The molecule has 0 aliphatic rings. The van der Waals surface area contributed by atoms with Gasteiger partial charge in [-0.1, -0.05) is 6.07 Å². The smallest absolute Gasteiger partial charge is 0.213 e. The van der Waals surface area contributed by atoms with E-state index in [-0.39, 0.29) is 0 Å². The monoisotopic (exact) mass is 377 g/mol. The minimum atomic E-state index is 0.496. The van der Waals surface area contributed by atoms with Crippen molar-refractivity contribution < 1.29 is 9.47 Å². The highest BCUT2D eigenvalue weighted by Gasteiger charge is 2.04. The number of hydrogen-bond donors (Lipinski definition) is 2. The Bertz CT molecular complexity index is 681. The third-order valence-electron chi connectivity index (χ3n) is 3.72. The minimum Gasteiger partial charge on any atom is -0.475 e. The molecule has 0 aromatic carbocycles. The zero-order valence-corrected chi connectivity index (χ0v) is 16.7. The molecule has 2 aromatic heterocycles. The minimum absolute atomic E-state index is 0.496. The Labute approximate surface area is 158 Å².